The number of hydrogen-bond acceptors (Lipinski definition) is 5. The molecule has 3 rings (SSSR count). The van der Waals surface area contributed by atoms with Crippen molar-refractivity contribution in [1.82, 2.24) is 4.90 Å². The van der Waals surface area contributed by atoms with E-state index in [0.717, 1.165) is 42.0 Å². The van der Waals surface area contributed by atoms with Crippen LogP contribution >= 0.6 is 34.8 Å². The lowest BCUT2D eigenvalue weighted by molar-refractivity contribution is -0.129. The van der Waals surface area contributed by atoms with Crippen LogP contribution in [0.25, 0.3) is 6.08 Å². The van der Waals surface area contributed by atoms with E-state index in [0.29, 0.717) is 9.32 Å². The second-order valence-corrected chi connectivity index (χ2v) is 8.36. The molecule has 30 heavy (non-hydrogen) atoms. The number of ether oxygens (including phenoxy) is 2. The lowest BCUT2D eigenvalue weighted by atomic mass is 10.1. The smallest absolute Gasteiger partial charge is 0.354 e. The molecule has 5 nitrogen and oxygen atoms in total. The van der Waals surface area contributed by atoms with E-state index in [1.807, 2.05) is 42.5 Å². The second kappa shape index (κ2) is 10.5. The average molecular weight is 532 g/mol. The van der Waals surface area contributed by atoms with Crippen molar-refractivity contribution in [2.75, 3.05) is 20.2 Å². The molecule has 1 aliphatic heterocycles. The molecule has 1 saturated heterocycles. The summed E-state index contributed by atoms with van der Waals surface area (Å²) in [6.07, 6.45) is 5.00. The molecule has 0 N–H and O–H groups in total. The molecular formula is C23H21IN2O3S. The third kappa shape index (κ3) is 5.37. The SMILES string of the molecule is COc1cc(C(=S)N2CCCCC2)cc(I)c1OC(=O)/C(C#N)=C/c1ccccc1. The lowest BCUT2D eigenvalue weighted by Gasteiger charge is -2.29. The molecule has 0 saturated carbocycles. The van der Waals surface area contributed by atoms with Gasteiger partial charge in [0.2, 0.25) is 0 Å². The number of likely N-dealkylation sites (tertiary alicyclic amines) is 1. The second-order valence-electron chi connectivity index (χ2n) is 6.81. The van der Waals surface area contributed by atoms with E-state index >= 15 is 0 Å². The third-order valence-electron chi connectivity index (χ3n) is 4.77. The maximum absolute atomic E-state index is 12.6. The number of nitrogens with zero attached hydrogens (tertiary/aromatic N) is 2. The van der Waals surface area contributed by atoms with E-state index < -0.39 is 5.97 Å². The van der Waals surface area contributed by atoms with Crippen LogP contribution in [0.1, 0.15) is 30.4 Å². The van der Waals surface area contributed by atoms with Gasteiger partial charge >= 0.3 is 5.97 Å². The molecule has 1 fully saturated rings. The van der Waals surface area contributed by atoms with Crippen LogP contribution in [-0.4, -0.2) is 36.1 Å². The molecule has 1 aliphatic rings. The third-order valence-corrected chi connectivity index (χ3v) is 6.06. The van der Waals surface area contributed by atoms with Gasteiger partial charge in [-0.3, -0.25) is 0 Å². The number of piperidine rings is 1. The van der Waals surface area contributed by atoms with Gasteiger partial charge in [-0.1, -0.05) is 42.5 Å². The number of rotatable bonds is 5. The van der Waals surface area contributed by atoms with Crippen LogP contribution in [0.4, 0.5) is 0 Å². The largest absolute Gasteiger partial charge is 0.493 e. The molecule has 0 amide bonds. The summed E-state index contributed by atoms with van der Waals surface area (Å²) in [5.74, 6) is -0.0481. The zero-order valence-corrected chi connectivity index (χ0v) is 19.5. The minimum absolute atomic E-state index is 0.0908. The van der Waals surface area contributed by atoms with Crippen LogP contribution < -0.4 is 9.47 Å². The monoisotopic (exact) mass is 532 g/mol. The van der Waals surface area contributed by atoms with Crippen LogP contribution in [0.3, 0.4) is 0 Å². The molecule has 1 heterocycles. The number of hydrogen-bond donors (Lipinski definition) is 0. The number of carbonyl (C=O) groups is 1. The first kappa shape index (κ1) is 22.2. The number of benzene rings is 2. The maximum Gasteiger partial charge on any atom is 0.354 e. The molecule has 0 spiro atoms. The molecule has 0 radical (unpaired) electrons. The van der Waals surface area contributed by atoms with Crippen molar-refractivity contribution in [3.63, 3.8) is 0 Å². The Bertz CT molecular complexity index is 1010. The Kier molecular flexibility index (Phi) is 7.82. The molecule has 2 aromatic rings. The fourth-order valence-corrected chi connectivity index (χ4v) is 4.23. The quantitative estimate of drug-likeness (QED) is 0.135. The van der Waals surface area contributed by atoms with Crippen molar-refractivity contribution in [1.29, 1.82) is 5.26 Å². The predicted molar refractivity (Wildman–Crippen MR) is 129 cm³/mol. The topological polar surface area (TPSA) is 62.6 Å². The van der Waals surface area contributed by atoms with E-state index in [9.17, 15) is 10.1 Å². The zero-order chi connectivity index (χ0) is 21.5. The minimum atomic E-state index is -0.732. The summed E-state index contributed by atoms with van der Waals surface area (Å²) in [5, 5.41) is 9.42. The van der Waals surface area contributed by atoms with Crippen molar-refractivity contribution in [3.8, 4) is 17.6 Å². The predicted octanol–water partition coefficient (Wildman–Crippen LogP) is 4.97. The highest BCUT2D eigenvalue weighted by molar-refractivity contribution is 14.1. The van der Waals surface area contributed by atoms with Gasteiger partial charge in [-0.15, -0.1) is 0 Å². The van der Waals surface area contributed by atoms with Gasteiger partial charge in [0.15, 0.2) is 11.5 Å². The van der Waals surface area contributed by atoms with E-state index in [1.54, 1.807) is 6.07 Å². The maximum atomic E-state index is 12.6. The fourth-order valence-electron chi connectivity index (χ4n) is 3.22. The van der Waals surface area contributed by atoms with Crippen molar-refractivity contribution in [2.24, 2.45) is 0 Å². The summed E-state index contributed by atoms with van der Waals surface area (Å²) in [6.45, 7) is 1.90. The van der Waals surface area contributed by atoms with Gasteiger partial charge in [0.25, 0.3) is 0 Å². The Morgan fingerprint density at radius 3 is 2.53 bits per heavy atom. The van der Waals surface area contributed by atoms with E-state index in [-0.39, 0.29) is 11.3 Å². The van der Waals surface area contributed by atoms with Crippen LogP contribution in [-0.2, 0) is 4.79 Å². The molecule has 154 valence electrons. The summed E-state index contributed by atoms with van der Waals surface area (Å²) in [5.41, 5.74) is 1.51. The van der Waals surface area contributed by atoms with Gasteiger partial charge in [-0.05, 0) is 65.6 Å². The highest BCUT2D eigenvalue weighted by Crippen LogP contribution is 2.35. The van der Waals surface area contributed by atoms with E-state index in [4.69, 9.17) is 21.7 Å². The van der Waals surface area contributed by atoms with Gasteiger partial charge in [0.05, 0.1) is 10.7 Å². The van der Waals surface area contributed by atoms with E-state index in [1.165, 1.54) is 19.6 Å². The number of carbonyl (C=O) groups excluding carboxylic acids is 1. The number of nitriles is 1. The van der Waals surface area contributed by atoms with Crippen LogP contribution in [0.15, 0.2) is 48.0 Å². The Morgan fingerprint density at radius 1 is 1.20 bits per heavy atom. The number of methoxy groups -OCH3 is 1. The minimum Gasteiger partial charge on any atom is -0.493 e. The van der Waals surface area contributed by atoms with Crippen LogP contribution in [0.2, 0.25) is 0 Å². The van der Waals surface area contributed by atoms with Crippen molar-refractivity contribution < 1.29 is 14.3 Å². The van der Waals surface area contributed by atoms with Crippen LogP contribution in [0.5, 0.6) is 11.5 Å². The fraction of sp³-hybridized carbons (Fsp3) is 0.261. The van der Waals surface area contributed by atoms with Crippen LogP contribution in [0, 0.1) is 14.9 Å². The highest BCUT2D eigenvalue weighted by atomic mass is 127. The average Bonchev–Trinajstić information content (AvgIpc) is 2.79. The van der Waals surface area contributed by atoms with E-state index in [2.05, 4.69) is 27.5 Å². The molecule has 0 unspecified atom stereocenters. The first-order chi connectivity index (χ1) is 14.5. The number of thiocarbonyl (C=S) groups is 1. The summed E-state index contributed by atoms with van der Waals surface area (Å²) < 4.78 is 11.7. The number of halogens is 1. The summed E-state index contributed by atoms with van der Waals surface area (Å²) >= 11 is 7.77. The van der Waals surface area contributed by atoms with Gasteiger partial charge in [0.1, 0.15) is 16.6 Å². The molecule has 0 atom stereocenters. The van der Waals surface area contributed by atoms with Crippen molar-refractivity contribution >= 4 is 51.8 Å². The molecule has 0 bridgehead atoms. The molecular weight excluding hydrogens is 511 g/mol. The standard InChI is InChI=1S/C23H21IN2O3S/c1-28-20-14-17(22(30)26-10-6-3-7-11-26)13-19(24)21(20)29-23(27)18(15-25)12-16-8-4-2-5-9-16/h2,4-5,8-9,12-14H,3,6-7,10-11H2,1H3/b18-12+. The van der Waals surface area contributed by atoms with Gasteiger partial charge in [-0.25, -0.2) is 4.79 Å². The Balaban J connectivity index is 1.85. The van der Waals surface area contributed by atoms with Crippen molar-refractivity contribution in [3.05, 3.63) is 62.7 Å². The summed E-state index contributed by atoms with van der Waals surface area (Å²) in [6, 6.07) is 14.7. The lowest BCUT2D eigenvalue weighted by Crippen LogP contribution is -2.35. The highest BCUT2D eigenvalue weighted by Gasteiger charge is 2.22. The van der Waals surface area contributed by atoms with Gasteiger partial charge in [0, 0.05) is 18.7 Å². The van der Waals surface area contributed by atoms with Gasteiger partial charge < -0.3 is 14.4 Å². The zero-order valence-electron chi connectivity index (χ0n) is 16.6. The normalized spacial score (nSPS) is 14.0. The van der Waals surface area contributed by atoms with Gasteiger partial charge in [-0.2, -0.15) is 5.26 Å². The molecule has 7 heteroatoms. The summed E-state index contributed by atoms with van der Waals surface area (Å²) in [4.78, 5) is 15.6. The Hall–Kier alpha value is -2.44. The van der Waals surface area contributed by atoms with Crippen molar-refractivity contribution in [2.45, 2.75) is 19.3 Å². The number of esters is 1. The molecule has 2 aromatic carbocycles. The first-order valence-corrected chi connectivity index (χ1v) is 11.1. The first-order valence-electron chi connectivity index (χ1n) is 9.59. The molecule has 0 aromatic heterocycles. The Labute approximate surface area is 195 Å². The summed E-state index contributed by atoms with van der Waals surface area (Å²) in [7, 11) is 1.52. The molecule has 0 aliphatic carbocycles. The Morgan fingerprint density at radius 2 is 1.90 bits per heavy atom.